The molecule has 1 aliphatic heterocycles. The van der Waals surface area contributed by atoms with Crippen LogP contribution < -0.4 is 4.90 Å². The van der Waals surface area contributed by atoms with Crippen LogP contribution in [0.3, 0.4) is 0 Å². The topological polar surface area (TPSA) is 104 Å². The van der Waals surface area contributed by atoms with Gasteiger partial charge in [-0.15, -0.1) is 0 Å². The third-order valence-corrected chi connectivity index (χ3v) is 6.16. The lowest BCUT2D eigenvalue weighted by Gasteiger charge is -2.24. The van der Waals surface area contributed by atoms with Gasteiger partial charge in [0.05, 0.1) is 28.1 Å². The summed E-state index contributed by atoms with van der Waals surface area (Å²) in [5, 5.41) is 20.8. The Morgan fingerprint density at radius 1 is 1.13 bits per heavy atom. The largest absolute Gasteiger partial charge is 0.508 e. The van der Waals surface area contributed by atoms with Gasteiger partial charge in [0.2, 0.25) is 5.78 Å². The van der Waals surface area contributed by atoms with Gasteiger partial charge in [-0.3, -0.25) is 14.5 Å². The number of aliphatic hydroxyl groups is 1. The molecule has 0 unspecified atom stereocenters. The lowest BCUT2D eigenvalue weighted by Crippen LogP contribution is -2.30. The molecule has 31 heavy (non-hydrogen) atoms. The quantitative estimate of drug-likeness (QED) is 0.454. The number of phenols is 1. The molecule has 3 heterocycles. The van der Waals surface area contributed by atoms with Crippen molar-refractivity contribution in [2.75, 3.05) is 4.90 Å². The summed E-state index contributed by atoms with van der Waals surface area (Å²) in [5.74, 6) is -1.89. The number of aryl methyl sites for hydroxylation is 1. The number of carbonyl (C=O) groups excluding carboxylic acids is 2. The zero-order valence-corrected chi connectivity index (χ0v) is 17.1. The normalized spacial score (nSPS) is 16.5. The lowest BCUT2D eigenvalue weighted by molar-refractivity contribution is -0.117. The van der Waals surface area contributed by atoms with Gasteiger partial charge < -0.3 is 14.6 Å². The van der Waals surface area contributed by atoms with Gasteiger partial charge in [0.1, 0.15) is 5.75 Å². The monoisotopic (exact) mass is 432 g/mol. The van der Waals surface area contributed by atoms with Gasteiger partial charge in [-0.1, -0.05) is 29.5 Å². The number of thiazole rings is 1. The Balaban J connectivity index is 1.68. The molecule has 0 saturated heterocycles. The molecule has 0 fully saturated rings. The Morgan fingerprint density at radius 3 is 2.61 bits per heavy atom. The van der Waals surface area contributed by atoms with Crippen LogP contribution in [0.2, 0.25) is 0 Å². The molecule has 4 aromatic rings. The van der Waals surface area contributed by atoms with E-state index in [1.165, 1.54) is 40.7 Å². The summed E-state index contributed by atoms with van der Waals surface area (Å²) in [4.78, 5) is 32.2. The second-order valence-corrected chi connectivity index (χ2v) is 8.21. The van der Waals surface area contributed by atoms with E-state index in [0.717, 1.165) is 10.3 Å². The van der Waals surface area contributed by atoms with E-state index in [1.54, 1.807) is 18.2 Å². The van der Waals surface area contributed by atoms with Crippen molar-refractivity contribution in [3.63, 3.8) is 0 Å². The number of fused-ring (bicyclic) bond motifs is 1. The maximum atomic E-state index is 13.2. The summed E-state index contributed by atoms with van der Waals surface area (Å²) in [6.45, 7) is 1.96. The van der Waals surface area contributed by atoms with E-state index in [-0.39, 0.29) is 17.1 Å². The van der Waals surface area contributed by atoms with Gasteiger partial charge in [-0.05, 0) is 54.4 Å². The SMILES string of the molecule is Cc1ccc2nc(N3C(=O)C(O)=C(C(=O)c4ccco4)[C@@H]3c3ccc(O)cc3)sc2c1. The highest BCUT2D eigenvalue weighted by Gasteiger charge is 2.46. The molecule has 0 saturated carbocycles. The van der Waals surface area contributed by atoms with E-state index >= 15 is 0 Å². The molecule has 8 heteroatoms. The molecular formula is C23H16N2O5S. The second kappa shape index (κ2) is 7.10. The van der Waals surface area contributed by atoms with Crippen LogP contribution in [0.15, 0.2) is 76.6 Å². The highest BCUT2D eigenvalue weighted by molar-refractivity contribution is 7.22. The summed E-state index contributed by atoms with van der Waals surface area (Å²) in [6.07, 6.45) is 1.35. The van der Waals surface area contributed by atoms with Crippen LogP contribution >= 0.6 is 11.3 Å². The Labute approximate surface area is 180 Å². The van der Waals surface area contributed by atoms with Crippen LogP contribution in [0.25, 0.3) is 10.2 Å². The number of amides is 1. The van der Waals surface area contributed by atoms with Gasteiger partial charge >= 0.3 is 0 Å². The van der Waals surface area contributed by atoms with Crippen molar-refractivity contribution in [1.82, 2.24) is 4.98 Å². The number of hydrogen-bond acceptors (Lipinski definition) is 7. The number of aromatic hydroxyl groups is 1. The molecule has 1 amide bonds. The Hall–Kier alpha value is -3.91. The predicted molar refractivity (Wildman–Crippen MR) is 115 cm³/mol. The predicted octanol–water partition coefficient (Wildman–Crippen LogP) is 4.69. The third-order valence-electron chi connectivity index (χ3n) is 5.15. The number of nitrogens with zero attached hydrogens (tertiary/aromatic N) is 2. The van der Waals surface area contributed by atoms with Crippen LogP contribution in [0, 0.1) is 6.92 Å². The summed E-state index contributed by atoms with van der Waals surface area (Å²) in [6, 6.07) is 14.0. The average Bonchev–Trinajstić information content (AvgIpc) is 3.47. The Morgan fingerprint density at radius 2 is 1.90 bits per heavy atom. The van der Waals surface area contributed by atoms with E-state index in [2.05, 4.69) is 4.98 Å². The van der Waals surface area contributed by atoms with Gasteiger partial charge in [0.15, 0.2) is 16.7 Å². The van der Waals surface area contributed by atoms with Gasteiger partial charge in [0.25, 0.3) is 5.91 Å². The van der Waals surface area contributed by atoms with Crippen molar-refractivity contribution in [2.45, 2.75) is 13.0 Å². The smallest absolute Gasteiger partial charge is 0.296 e. The van der Waals surface area contributed by atoms with Crippen LogP contribution in [-0.2, 0) is 4.79 Å². The summed E-state index contributed by atoms with van der Waals surface area (Å²) in [5.41, 5.74) is 2.22. The zero-order valence-electron chi connectivity index (χ0n) is 16.3. The molecule has 154 valence electrons. The van der Waals surface area contributed by atoms with Crippen molar-refractivity contribution in [1.29, 1.82) is 0 Å². The molecular weight excluding hydrogens is 416 g/mol. The van der Waals surface area contributed by atoms with Crippen molar-refractivity contribution >= 4 is 38.4 Å². The first-order valence-corrected chi connectivity index (χ1v) is 10.3. The lowest BCUT2D eigenvalue weighted by atomic mass is 9.95. The number of ketones is 1. The van der Waals surface area contributed by atoms with Crippen LogP contribution in [0.4, 0.5) is 5.13 Å². The standard InChI is InChI=1S/C23H16N2O5S/c1-12-4-9-15-17(11-12)31-23(24-15)25-19(13-5-7-14(26)8-6-13)18(21(28)22(25)29)20(27)16-3-2-10-30-16/h2-11,19,26,28H,1H3/t19-/m0/s1. The molecule has 7 nitrogen and oxygen atoms in total. The molecule has 2 aromatic carbocycles. The van der Waals surface area contributed by atoms with Crippen molar-refractivity contribution < 1.29 is 24.2 Å². The van der Waals surface area contributed by atoms with Gasteiger partial charge in [0, 0.05) is 0 Å². The summed E-state index contributed by atoms with van der Waals surface area (Å²) >= 11 is 1.30. The van der Waals surface area contributed by atoms with E-state index in [9.17, 15) is 19.8 Å². The Bertz CT molecular complexity index is 1350. The number of phenolic OH excluding ortho intramolecular Hbond substituents is 1. The number of hydrogen-bond donors (Lipinski definition) is 2. The highest BCUT2D eigenvalue weighted by Crippen LogP contribution is 2.44. The minimum absolute atomic E-state index is 0.0138. The fourth-order valence-electron chi connectivity index (χ4n) is 3.67. The Kier molecular flexibility index (Phi) is 4.37. The molecule has 0 spiro atoms. The number of anilines is 1. The first kappa shape index (κ1) is 19.1. The number of benzene rings is 2. The molecule has 0 radical (unpaired) electrons. The van der Waals surface area contributed by atoms with E-state index in [1.807, 2.05) is 25.1 Å². The van der Waals surface area contributed by atoms with Crippen LogP contribution in [0.1, 0.15) is 27.7 Å². The first-order chi connectivity index (χ1) is 14.9. The number of carbonyl (C=O) groups is 2. The van der Waals surface area contributed by atoms with E-state index in [0.29, 0.717) is 16.2 Å². The van der Waals surface area contributed by atoms with Gasteiger partial charge in [-0.25, -0.2) is 4.98 Å². The molecule has 1 atom stereocenters. The minimum atomic E-state index is -0.924. The van der Waals surface area contributed by atoms with Crippen molar-refractivity contribution in [3.8, 4) is 5.75 Å². The van der Waals surface area contributed by atoms with Gasteiger partial charge in [-0.2, -0.15) is 0 Å². The van der Waals surface area contributed by atoms with Crippen molar-refractivity contribution in [3.05, 3.63) is 89.1 Å². The molecule has 0 bridgehead atoms. The number of Topliss-reactive ketones (excluding diaryl/α,β-unsaturated/α-hetero) is 1. The van der Waals surface area contributed by atoms with Crippen molar-refractivity contribution in [2.24, 2.45) is 0 Å². The third kappa shape index (κ3) is 3.08. The summed E-state index contributed by atoms with van der Waals surface area (Å²) < 4.78 is 6.11. The number of rotatable bonds is 4. The summed E-state index contributed by atoms with van der Waals surface area (Å²) in [7, 11) is 0. The first-order valence-electron chi connectivity index (χ1n) is 9.45. The highest BCUT2D eigenvalue weighted by atomic mass is 32.1. The second-order valence-electron chi connectivity index (χ2n) is 7.21. The number of furan rings is 1. The average molecular weight is 432 g/mol. The fraction of sp³-hybridized carbons (Fsp3) is 0.0870. The van der Waals surface area contributed by atoms with E-state index < -0.39 is 23.5 Å². The van der Waals surface area contributed by atoms with Crippen LogP contribution in [-0.4, -0.2) is 26.9 Å². The number of aromatic nitrogens is 1. The maximum absolute atomic E-state index is 13.2. The molecule has 5 rings (SSSR count). The van der Waals surface area contributed by atoms with Crippen LogP contribution in [0.5, 0.6) is 5.75 Å². The minimum Gasteiger partial charge on any atom is -0.508 e. The fourth-order valence-corrected chi connectivity index (χ4v) is 4.76. The number of aliphatic hydroxyl groups excluding tert-OH is 1. The molecule has 2 aromatic heterocycles. The molecule has 1 aliphatic rings. The zero-order chi connectivity index (χ0) is 21.7. The molecule has 0 aliphatic carbocycles. The molecule has 2 N–H and O–H groups in total. The maximum Gasteiger partial charge on any atom is 0.296 e. The van der Waals surface area contributed by atoms with E-state index in [4.69, 9.17) is 4.42 Å².